The lowest BCUT2D eigenvalue weighted by atomic mass is 9.79. The minimum absolute atomic E-state index is 0.273. The van der Waals surface area contributed by atoms with E-state index in [-0.39, 0.29) is 18.3 Å². The molecule has 0 amide bonds. The molecular formula is C21H27BN4O2S. The largest absolute Gasteiger partial charge is 0.494 e. The zero-order valence-corrected chi connectivity index (χ0v) is 18.3. The Morgan fingerprint density at radius 1 is 1.07 bits per heavy atom. The molecule has 8 heteroatoms. The molecule has 1 aromatic carbocycles. The SMILES string of the molecule is CCCCC1(C)OB(c2ccc(CSc3ncnc4nc[nH]c34)cc2)OC1(C)C. The van der Waals surface area contributed by atoms with Crippen LogP contribution in [0.4, 0.5) is 0 Å². The first-order chi connectivity index (χ1) is 13.9. The fourth-order valence-corrected chi connectivity index (χ4v) is 4.49. The Hall–Kier alpha value is -1.90. The minimum atomic E-state index is -0.319. The number of aromatic amines is 1. The van der Waals surface area contributed by atoms with Crippen LogP contribution in [-0.2, 0) is 15.1 Å². The van der Waals surface area contributed by atoms with Gasteiger partial charge in [0.25, 0.3) is 0 Å². The summed E-state index contributed by atoms with van der Waals surface area (Å²) in [5.41, 5.74) is 3.27. The second kappa shape index (κ2) is 8.09. The van der Waals surface area contributed by atoms with Gasteiger partial charge in [-0.1, -0.05) is 55.8 Å². The van der Waals surface area contributed by atoms with Gasteiger partial charge in [0, 0.05) is 5.75 Å². The third-order valence-electron chi connectivity index (χ3n) is 5.87. The van der Waals surface area contributed by atoms with Gasteiger partial charge >= 0.3 is 7.12 Å². The standard InChI is InChI=1S/C21H27BN4O2S/c1-5-6-11-21(4)20(2,3)27-22(28-21)16-9-7-15(8-10-16)12-29-19-17-18(24-13-23-17)25-14-26-19/h7-10,13-14H,5-6,11-12H2,1-4H3,(H,23,24,25,26). The summed E-state index contributed by atoms with van der Waals surface area (Å²) in [6.07, 6.45) is 6.50. The maximum Gasteiger partial charge on any atom is 0.494 e. The van der Waals surface area contributed by atoms with Crippen molar-refractivity contribution in [3.63, 3.8) is 0 Å². The smallest absolute Gasteiger partial charge is 0.399 e. The molecule has 3 aromatic rings. The van der Waals surface area contributed by atoms with Crippen molar-refractivity contribution >= 4 is 35.5 Å². The van der Waals surface area contributed by atoms with E-state index >= 15 is 0 Å². The Kier molecular flexibility index (Phi) is 5.68. The highest BCUT2D eigenvalue weighted by Crippen LogP contribution is 2.40. The van der Waals surface area contributed by atoms with Crippen molar-refractivity contribution in [1.29, 1.82) is 0 Å². The summed E-state index contributed by atoms with van der Waals surface area (Å²) < 4.78 is 12.7. The molecule has 4 rings (SSSR count). The lowest BCUT2D eigenvalue weighted by Crippen LogP contribution is -2.44. The molecule has 0 aliphatic carbocycles. The molecule has 1 atom stereocenters. The first-order valence-electron chi connectivity index (χ1n) is 10.1. The van der Waals surface area contributed by atoms with Gasteiger partial charge in [0.1, 0.15) is 16.9 Å². The van der Waals surface area contributed by atoms with E-state index in [0.717, 1.165) is 41.0 Å². The summed E-state index contributed by atoms with van der Waals surface area (Å²) in [5, 5.41) is 0.910. The van der Waals surface area contributed by atoms with Crippen molar-refractivity contribution in [2.24, 2.45) is 0 Å². The number of H-pyrrole nitrogens is 1. The Labute approximate surface area is 176 Å². The molecule has 3 heterocycles. The van der Waals surface area contributed by atoms with E-state index in [9.17, 15) is 0 Å². The molecule has 1 unspecified atom stereocenters. The first kappa shape index (κ1) is 20.4. The zero-order chi connectivity index (χ0) is 20.5. The second-order valence-electron chi connectivity index (χ2n) is 8.22. The molecule has 152 valence electrons. The van der Waals surface area contributed by atoms with Crippen molar-refractivity contribution in [2.45, 2.75) is 68.9 Å². The summed E-state index contributed by atoms with van der Waals surface area (Å²) in [6, 6.07) is 8.48. The van der Waals surface area contributed by atoms with E-state index in [1.807, 2.05) is 0 Å². The van der Waals surface area contributed by atoms with E-state index < -0.39 is 0 Å². The van der Waals surface area contributed by atoms with Gasteiger partial charge in [-0.05, 0) is 38.2 Å². The number of aromatic nitrogens is 4. The van der Waals surface area contributed by atoms with Gasteiger partial charge in [-0.15, -0.1) is 0 Å². The summed E-state index contributed by atoms with van der Waals surface area (Å²) in [7, 11) is -0.319. The van der Waals surface area contributed by atoms with Crippen molar-refractivity contribution in [3.8, 4) is 0 Å². The monoisotopic (exact) mass is 410 g/mol. The van der Waals surface area contributed by atoms with Crippen LogP contribution in [0.15, 0.2) is 41.9 Å². The van der Waals surface area contributed by atoms with E-state index in [1.54, 1.807) is 24.4 Å². The number of fused-ring (bicyclic) bond motifs is 1. The molecule has 1 aliphatic rings. The molecule has 1 saturated heterocycles. The molecule has 0 radical (unpaired) electrons. The highest BCUT2D eigenvalue weighted by molar-refractivity contribution is 7.98. The number of hydrogen-bond donors (Lipinski definition) is 1. The van der Waals surface area contributed by atoms with Crippen LogP contribution in [-0.4, -0.2) is 38.3 Å². The van der Waals surface area contributed by atoms with E-state index in [2.05, 4.69) is 71.9 Å². The zero-order valence-electron chi connectivity index (χ0n) is 17.4. The highest BCUT2D eigenvalue weighted by atomic mass is 32.2. The van der Waals surface area contributed by atoms with Crippen molar-refractivity contribution in [2.75, 3.05) is 0 Å². The highest BCUT2D eigenvalue weighted by Gasteiger charge is 2.53. The number of nitrogens with one attached hydrogen (secondary N) is 1. The quantitative estimate of drug-likeness (QED) is 0.359. The number of unbranched alkanes of at least 4 members (excludes halogenated alkanes) is 1. The third kappa shape index (κ3) is 4.06. The molecule has 2 aromatic heterocycles. The fraction of sp³-hybridized carbons (Fsp3) is 0.476. The number of rotatable bonds is 7. The normalized spacial score (nSPS) is 21.2. The second-order valence-corrected chi connectivity index (χ2v) is 9.19. The fourth-order valence-electron chi connectivity index (χ4n) is 3.58. The Balaban J connectivity index is 1.42. The number of thioether (sulfide) groups is 1. The van der Waals surface area contributed by atoms with Crippen molar-refractivity contribution in [3.05, 3.63) is 42.5 Å². The summed E-state index contributed by atoms with van der Waals surface area (Å²) in [4.78, 5) is 15.8. The van der Waals surface area contributed by atoms with Crippen molar-refractivity contribution < 1.29 is 9.31 Å². The molecule has 29 heavy (non-hydrogen) atoms. The summed E-state index contributed by atoms with van der Waals surface area (Å²) in [6.45, 7) is 8.64. The van der Waals surface area contributed by atoms with Gasteiger partial charge in [-0.3, -0.25) is 0 Å². The number of hydrogen-bond acceptors (Lipinski definition) is 6. The average Bonchev–Trinajstić information content (AvgIpc) is 3.28. The summed E-state index contributed by atoms with van der Waals surface area (Å²) in [5.74, 6) is 0.817. The van der Waals surface area contributed by atoms with Crippen LogP contribution in [0.1, 0.15) is 52.5 Å². The van der Waals surface area contributed by atoms with E-state index in [1.165, 1.54) is 5.56 Å². The van der Waals surface area contributed by atoms with E-state index in [4.69, 9.17) is 9.31 Å². The van der Waals surface area contributed by atoms with Crippen LogP contribution in [0.5, 0.6) is 0 Å². The van der Waals surface area contributed by atoms with Crippen LogP contribution in [0.25, 0.3) is 11.2 Å². The van der Waals surface area contributed by atoms with Crippen LogP contribution < -0.4 is 5.46 Å². The molecular weight excluding hydrogens is 383 g/mol. The van der Waals surface area contributed by atoms with Crippen LogP contribution in [0, 0.1) is 0 Å². The summed E-state index contributed by atoms with van der Waals surface area (Å²) >= 11 is 1.67. The van der Waals surface area contributed by atoms with Gasteiger partial charge < -0.3 is 14.3 Å². The van der Waals surface area contributed by atoms with Crippen LogP contribution in [0.2, 0.25) is 0 Å². The van der Waals surface area contributed by atoms with Crippen molar-refractivity contribution in [1.82, 2.24) is 19.9 Å². The van der Waals surface area contributed by atoms with Gasteiger partial charge in [-0.2, -0.15) is 0 Å². The Bertz CT molecular complexity index is 978. The topological polar surface area (TPSA) is 72.9 Å². The molecule has 1 aliphatic heterocycles. The van der Waals surface area contributed by atoms with Gasteiger partial charge in [0.05, 0.1) is 17.5 Å². The lowest BCUT2D eigenvalue weighted by molar-refractivity contribution is -0.0169. The van der Waals surface area contributed by atoms with E-state index in [0.29, 0.717) is 5.65 Å². The van der Waals surface area contributed by atoms with Crippen LogP contribution >= 0.6 is 11.8 Å². The maximum absolute atomic E-state index is 6.41. The number of nitrogens with zero attached hydrogens (tertiary/aromatic N) is 3. The third-order valence-corrected chi connectivity index (χ3v) is 6.93. The lowest BCUT2D eigenvalue weighted by Gasteiger charge is -2.36. The molecule has 0 saturated carbocycles. The van der Waals surface area contributed by atoms with Crippen LogP contribution in [0.3, 0.4) is 0 Å². The predicted octanol–water partition coefficient (Wildman–Crippen LogP) is 4.11. The Morgan fingerprint density at radius 3 is 2.62 bits per heavy atom. The number of benzene rings is 1. The predicted molar refractivity (Wildman–Crippen MR) is 117 cm³/mol. The first-order valence-corrected chi connectivity index (χ1v) is 11.1. The minimum Gasteiger partial charge on any atom is -0.399 e. The average molecular weight is 410 g/mol. The van der Waals surface area contributed by atoms with Gasteiger partial charge in [0.2, 0.25) is 0 Å². The molecule has 6 nitrogen and oxygen atoms in total. The molecule has 1 fully saturated rings. The molecule has 1 N–H and O–H groups in total. The number of imidazole rings is 1. The van der Waals surface area contributed by atoms with Gasteiger partial charge in [0.15, 0.2) is 5.65 Å². The van der Waals surface area contributed by atoms with Gasteiger partial charge in [-0.25, -0.2) is 15.0 Å². The molecule has 0 bridgehead atoms. The molecule has 0 spiro atoms. The maximum atomic E-state index is 6.41. The Morgan fingerprint density at radius 2 is 1.86 bits per heavy atom.